The molecule has 0 aliphatic heterocycles. The van der Waals surface area contributed by atoms with E-state index >= 15 is 0 Å². The van der Waals surface area contributed by atoms with Crippen LogP contribution in [-0.4, -0.2) is 22.9 Å². The van der Waals surface area contributed by atoms with Gasteiger partial charge >= 0.3 is 0 Å². The van der Waals surface area contributed by atoms with E-state index in [-0.39, 0.29) is 6.54 Å². The van der Waals surface area contributed by atoms with Gasteiger partial charge in [0.15, 0.2) is 0 Å². The summed E-state index contributed by atoms with van der Waals surface area (Å²) in [5, 5.41) is 19.7. The van der Waals surface area contributed by atoms with Crippen molar-refractivity contribution in [3.63, 3.8) is 0 Å². The minimum absolute atomic E-state index is 0.00577. The van der Waals surface area contributed by atoms with Gasteiger partial charge in [-0.3, -0.25) is 0 Å². The summed E-state index contributed by atoms with van der Waals surface area (Å²) >= 11 is 0. The van der Waals surface area contributed by atoms with Gasteiger partial charge in [0.1, 0.15) is 18.5 Å². The molecule has 0 aliphatic rings. The molecule has 0 saturated carbocycles. The average Bonchev–Trinajstić information content (AvgIpc) is 2.52. The van der Waals surface area contributed by atoms with E-state index in [1.54, 1.807) is 18.2 Å². The summed E-state index contributed by atoms with van der Waals surface area (Å²) in [6, 6.07) is 16.9. The lowest BCUT2D eigenvalue weighted by atomic mass is 10.0. The van der Waals surface area contributed by atoms with Crippen molar-refractivity contribution in [1.82, 2.24) is 0 Å². The van der Waals surface area contributed by atoms with Crippen molar-refractivity contribution in [3.8, 4) is 5.75 Å². The molecule has 0 spiro atoms. The molecular weight excluding hydrogens is 254 g/mol. The molecule has 0 radical (unpaired) electrons. The first-order valence-corrected chi connectivity index (χ1v) is 6.54. The molecule has 0 saturated heterocycles. The monoisotopic (exact) mass is 273 g/mol. The van der Waals surface area contributed by atoms with Gasteiger partial charge < -0.3 is 20.7 Å². The van der Waals surface area contributed by atoms with Gasteiger partial charge in [0.2, 0.25) is 0 Å². The Bertz CT molecular complexity index is 530. The van der Waals surface area contributed by atoms with Crippen LogP contribution in [0.2, 0.25) is 0 Å². The molecule has 0 fully saturated rings. The van der Waals surface area contributed by atoms with Crippen LogP contribution in [-0.2, 0) is 6.61 Å². The predicted molar refractivity (Wildman–Crippen MR) is 77.2 cm³/mol. The fourth-order valence-corrected chi connectivity index (χ4v) is 1.93. The van der Waals surface area contributed by atoms with Crippen molar-refractivity contribution in [2.24, 2.45) is 5.73 Å². The third kappa shape index (κ3) is 3.57. The number of ether oxygens (including phenoxy) is 1. The molecule has 2 atom stereocenters. The molecular formula is C16H19NO3. The van der Waals surface area contributed by atoms with E-state index in [0.29, 0.717) is 17.9 Å². The first-order valence-electron chi connectivity index (χ1n) is 6.54. The van der Waals surface area contributed by atoms with Gasteiger partial charge in [0, 0.05) is 12.1 Å². The molecule has 0 heterocycles. The Morgan fingerprint density at radius 2 is 1.60 bits per heavy atom. The van der Waals surface area contributed by atoms with Crippen LogP contribution in [0.5, 0.6) is 5.75 Å². The first-order chi connectivity index (χ1) is 9.72. The Kier molecular flexibility index (Phi) is 5.12. The molecule has 2 aromatic carbocycles. The number of rotatable bonds is 6. The summed E-state index contributed by atoms with van der Waals surface area (Å²) in [5.74, 6) is 0.552. The molecule has 0 aromatic heterocycles. The number of aliphatic hydroxyl groups is 2. The Balaban J connectivity index is 2.12. The summed E-state index contributed by atoms with van der Waals surface area (Å²) in [5.41, 5.74) is 6.96. The van der Waals surface area contributed by atoms with Gasteiger partial charge in [-0.25, -0.2) is 0 Å². The molecule has 4 N–H and O–H groups in total. The fraction of sp³-hybridized carbons (Fsp3) is 0.250. The highest BCUT2D eigenvalue weighted by Crippen LogP contribution is 2.27. The van der Waals surface area contributed by atoms with Crippen LogP contribution in [0.1, 0.15) is 17.2 Å². The highest BCUT2D eigenvalue weighted by molar-refractivity contribution is 5.36. The Morgan fingerprint density at radius 1 is 0.950 bits per heavy atom. The molecule has 0 amide bonds. The first kappa shape index (κ1) is 14.5. The van der Waals surface area contributed by atoms with Gasteiger partial charge in [-0.1, -0.05) is 48.5 Å². The van der Waals surface area contributed by atoms with Crippen LogP contribution in [0.25, 0.3) is 0 Å². The van der Waals surface area contributed by atoms with Crippen molar-refractivity contribution in [3.05, 3.63) is 65.7 Å². The highest BCUT2D eigenvalue weighted by atomic mass is 16.5. The lowest BCUT2D eigenvalue weighted by molar-refractivity contribution is 0.0224. The lowest BCUT2D eigenvalue weighted by Gasteiger charge is -2.19. The van der Waals surface area contributed by atoms with E-state index in [1.165, 1.54) is 0 Å². The number of hydrogen-bond acceptors (Lipinski definition) is 4. The zero-order chi connectivity index (χ0) is 14.4. The summed E-state index contributed by atoms with van der Waals surface area (Å²) in [6.07, 6.45) is -2.05. The molecule has 0 aliphatic carbocycles. The summed E-state index contributed by atoms with van der Waals surface area (Å²) in [4.78, 5) is 0. The number of benzene rings is 2. The second-order valence-corrected chi connectivity index (χ2v) is 4.56. The van der Waals surface area contributed by atoms with Crippen molar-refractivity contribution in [2.75, 3.05) is 6.54 Å². The van der Waals surface area contributed by atoms with E-state index in [2.05, 4.69) is 0 Å². The van der Waals surface area contributed by atoms with Crippen molar-refractivity contribution >= 4 is 0 Å². The zero-order valence-electron chi connectivity index (χ0n) is 11.1. The highest BCUT2D eigenvalue weighted by Gasteiger charge is 2.20. The van der Waals surface area contributed by atoms with Crippen molar-refractivity contribution < 1.29 is 14.9 Å². The van der Waals surface area contributed by atoms with Gasteiger partial charge in [0.05, 0.1) is 6.10 Å². The topological polar surface area (TPSA) is 75.7 Å². The quantitative estimate of drug-likeness (QED) is 0.747. The van der Waals surface area contributed by atoms with Crippen LogP contribution in [0.4, 0.5) is 0 Å². The van der Waals surface area contributed by atoms with Gasteiger partial charge in [0.25, 0.3) is 0 Å². The minimum Gasteiger partial charge on any atom is -0.489 e. The van der Waals surface area contributed by atoms with E-state index < -0.39 is 12.2 Å². The zero-order valence-corrected chi connectivity index (χ0v) is 11.1. The third-order valence-corrected chi connectivity index (χ3v) is 3.08. The fourth-order valence-electron chi connectivity index (χ4n) is 1.93. The standard InChI is InChI=1S/C16H19NO3/c17-10-14(18)16(19)13-8-4-5-9-15(13)20-11-12-6-2-1-3-7-12/h1-9,14,16,18-19H,10-11,17H2. The Hall–Kier alpha value is -1.88. The van der Waals surface area contributed by atoms with Gasteiger partial charge in [-0.2, -0.15) is 0 Å². The minimum atomic E-state index is -1.05. The third-order valence-electron chi connectivity index (χ3n) is 3.08. The number of nitrogens with two attached hydrogens (primary N) is 1. The molecule has 106 valence electrons. The largest absolute Gasteiger partial charge is 0.489 e. The second-order valence-electron chi connectivity index (χ2n) is 4.56. The number of para-hydroxylation sites is 1. The molecule has 0 bridgehead atoms. The molecule has 4 nitrogen and oxygen atoms in total. The van der Waals surface area contributed by atoms with Gasteiger partial charge in [-0.05, 0) is 11.6 Å². The average molecular weight is 273 g/mol. The number of hydrogen-bond donors (Lipinski definition) is 3. The van der Waals surface area contributed by atoms with Crippen LogP contribution in [0, 0.1) is 0 Å². The van der Waals surface area contributed by atoms with Gasteiger partial charge in [-0.15, -0.1) is 0 Å². The molecule has 2 rings (SSSR count). The lowest BCUT2D eigenvalue weighted by Crippen LogP contribution is -2.27. The molecule has 4 heteroatoms. The predicted octanol–water partition coefficient (Wildman–Crippen LogP) is 1.62. The van der Waals surface area contributed by atoms with E-state index in [1.807, 2.05) is 36.4 Å². The van der Waals surface area contributed by atoms with Crippen LogP contribution in [0.15, 0.2) is 54.6 Å². The normalized spacial score (nSPS) is 13.8. The maximum absolute atomic E-state index is 10.1. The van der Waals surface area contributed by atoms with E-state index in [0.717, 1.165) is 5.56 Å². The summed E-state index contributed by atoms with van der Waals surface area (Å²) in [6.45, 7) is 0.400. The number of aliphatic hydroxyl groups excluding tert-OH is 2. The van der Waals surface area contributed by atoms with E-state index in [4.69, 9.17) is 10.5 Å². The smallest absolute Gasteiger partial charge is 0.125 e. The van der Waals surface area contributed by atoms with Crippen LogP contribution in [0.3, 0.4) is 0 Å². The summed E-state index contributed by atoms with van der Waals surface area (Å²) in [7, 11) is 0. The van der Waals surface area contributed by atoms with E-state index in [9.17, 15) is 10.2 Å². The molecule has 2 unspecified atom stereocenters. The van der Waals surface area contributed by atoms with Crippen molar-refractivity contribution in [2.45, 2.75) is 18.8 Å². The van der Waals surface area contributed by atoms with Crippen molar-refractivity contribution in [1.29, 1.82) is 0 Å². The Morgan fingerprint density at radius 3 is 2.30 bits per heavy atom. The molecule has 2 aromatic rings. The summed E-state index contributed by atoms with van der Waals surface area (Å²) < 4.78 is 5.73. The van der Waals surface area contributed by atoms with Crippen LogP contribution >= 0.6 is 0 Å². The SMILES string of the molecule is NCC(O)C(O)c1ccccc1OCc1ccccc1. The Labute approximate surface area is 118 Å². The second kappa shape index (κ2) is 7.05. The molecule has 20 heavy (non-hydrogen) atoms. The van der Waals surface area contributed by atoms with Crippen LogP contribution < -0.4 is 10.5 Å². The maximum Gasteiger partial charge on any atom is 0.125 e. The maximum atomic E-state index is 10.1.